The first-order valence-electron chi connectivity index (χ1n) is 22.3. The number of nitrogens with two attached hydrogens (primary N) is 1. The third kappa shape index (κ3) is 21.3. The van der Waals surface area contributed by atoms with Gasteiger partial charge in [0.15, 0.2) is 11.6 Å². The standard InChI is InChI=1S/C45H69N7O12/c1-2-23-50-31-14-11-29(12-15-31)13-19-37(54)51-24-7-6-10-35(44(49)60)52-38(55)22-26-64-28-27-63-25-21-34(46)43(59)32(17-20-39(56)57)40(47)36(53)18-16-33(45(61)62)41(48)42(58)30-8-4-3-5-9-30/h11-12,14-15,30,32-33,35,42,46-48,50,58H,2-10,13,16-28H2,1H3,(H2,49,60)(H,51,54)(H,52,55)(H,56,57)(H,61,62). The van der Waals surface area contributed by atoms with Gasteiger partial charge in [-0.15, -0.1) is 0 Å². The third-order valence-corrected chi connectivity index (χ3v) is 11.1. The maximum atomic E-state index is 13.2. The molecule has 1 saturated carbocycles. The van der Waals surface area contributed by atoms with Crippen LogP contribution in [0.2, 0.25) is 0 Å². The number of aliphatic carboxylic acids is 2. The molecule has 4 unspecified atom stereocenters. The first kappa shape index (κ1) is 54.7. The van der Waals surface area contributed by atoms with Crippen LogP contribution in [0, 0.1) is 34.0 Å². The molecule has 1 aromatic rings. The number of nitrogens with one attached hydrogen (secondary N) is 6. The zero-order valence-corrected chi connectivity index (χ0v) is 37.1. The van der Waals surface area contributed by atoms with E-state index in [0.29, 0.717) is 51.5 Å². The van der Waals surface area contributed by atoms with Crippen molar-refractivity contribution in [3.8, 4) is 0 Å². The number of unbranched alkanes of at least 4 members (excludes halogenated alkanes) is 1. The van der Waals surface area contributed by atoms with E-state index >= 15 is 0 Å². The molecular weight excluding hydrogens is 831 g/mol. The van der Waals surface area contributed by atoms with Crippen LogP contribution in [-0.2, 0) is 49.5 Å². The molecule has 4 atom stereocenters. The van der Waals surface area contributed by atoms with Gasteiger partial charge < -0.3 is 62.7 Å². The highest BCUT2D eigenvalue weighted by molar-refractivity contribution is 6.51. The summed E-state index contributed by atoms with van der Waals surface area (Å²) in [5.41, 5.74) is 5.91. The maximum absolute atomic E-state index is 13.2. The van der Waals surface area contributed by atoms with E-state index in [1.165, 1.54) is 0 Å². The molecule has 2 rings (SSSR count). The van der Waals surface area contributed by atoms with Crippen LogP contribution in [0.25, 0.3) is 0 Å². The number of aliphatic hydroxyl groups is 1. The van der Waals surface area contributed by atoms with Gasteiger partial charge in [0.05, 0.1) is 61.5 Å². The van der Waals surface area contributed by atoms with Gasteiger partial charge in [0, 0.05) is 50.9 Å². The fourth-order valence-electron chi connectivity index (χ4n) is 7.25. The fraction of sp³-hybridized carbons (Fsp3) is 0.644. The van der Waals surface area contributed by atoms with Crippen LogP contribution >= 0.6 is 0 Å². The van der Waals surface area contributed by atoms with E-state index in [1.807, 2.05) is 24.3 Å². The summed E-state index contributed by atoms with van der Waals surface area (Å²) in [5, 5.41) is 63.4. The number of hydrogen-bond acceptors (Lipinski definition) is 14. The fourth-order valence-corrected chi connectivity index (χ4v) is 7.25. The van der Waals surface area contributed by atoms with E-state index in [1.54, 1.807) is 0 Å². The van der Waals surface area contributed by atoms with Crippen molar-refractivity contribution in [3.05, 3.63) is 29.8 Å². The van der Waals surface area contributed by atoms with E-state index in [2.05, 4.69) is 22.9 Å². The lowest BCUT2D eigenvalue weighted by molar-refractivity contribution is -0.140. The zero-order chi connectivity index (χ0) is 47.4. The number of rotatable bonds is 36. The molecule has 3 amide bonds. The molecule has 0 aromatic heterocycles. The number of aryl methyl sites for hydroxylation is 1. The molecule has 1 aliphatic carbocycles. The lowest BCUT2D eigenvalue weighted by atomic mass is 9.79. The number of carbonyl (C=O) groups excluding carboxylic acids is 5. The minimum Gasteiger partial charge on any atom is -0.481 e. The normalized spacial score (nSPS) is 14.6. The summed E-state index contributed by atoms with van der Waals surface area (Å²) < 4.78 is 10.8. The predicted octanol–water partition coefficient (Wildman–Crippen LogP) is 3.61. The van der Waals surface area contributed by atoms with E-state index in [4.69, 9.17) is 31.4 Å². The SMILES string of the molecule is CCCNc1ccc(CCC(=O)NCCCCC(NC(=O)CCOCCOCCC(=N)C(=O)C(CCC(=O)O)C(=N)C(=O)CCC(C(=N)C(O)C2CCCCC2)C(=O)O)C(N)=O)cc1. The van der Waals surface area contributed by atoms with Gasteiger partial charge in [0.25, 0.3) is 0 Å². The topological polar surface area (TPSA) is 332 Å². The first-order valence-corrected chi connectivity index (χ1v) is 22.3. The third-order valence-electron chi connectivity index (χ3n) is 11.1. The summed E-state index contributed by atoms with van der Waals surface area (Å²) in [5.74, 6) is -9.05. The Hall–Kier alpha value is -5.40. The number of ketones is 2. The Morgan fingerprint density at radius 1 is 0.766 bits per heavy atom. The van der Waals surface area contributed by atoms with Gasteiger partial charge in [-0.05, 0) is 81.4 Å². The van der Waals surface area contributed by atoms with E-state index in [-0.39, 0.29) is 51.1 Å². The smallest absolute Gasteiger partial charge is 0.312 e. The average Bonchev–Trinajstić information content (AvgIpc) is 3.27. The number of amides is 3. The minimum absolute atomic E-state index is 0.00223. The lowest BCUT2D eigenvalue weighted by Gasteiger charge is -2.29. The summed E-state index contributed by atoms with van der Waals surface area (Å²) in [7, 11) is 0. The van der Waals surface area contributed by atoms with Gasteiger partial charge in [-0.25, -0.2) is 0 Å². The molecule has 1 aliphatic rings. The second kappa shape index (κ2) is 30.6. The monoisotopic (exact) mass is 900 g/mol. The predicted molar refractivity (Wildman–Crippen MR) is 239 cm³/mol. The number of ether oxygens (including phenoxy) is 2. The summed E-state index contributed by atoms with van der Waals surface area (Å²) in [6.45, 7) is 3.37. The largest absolute Gasteiger partial charge is 0.481 e. The average molecular weight is 900 g/mol. The number of carboxylic acids is 2. The van der Waals surface area contributed by atoms with E-state index < -0.39 is 102 Å². The number of aliphatic hydroxyl groups excluding tert-OH is 1. The van der Waals surface area contributed by atoms with Crippen molar-refractivity contribution in [2.75, 3.05) is 44.8 Å². The molecule has 19 nitrogen and oxygen atoms in total. The number of Topliss-reactive ketones (excluding diaryl/α,β-unsaturated/α-hetero) is 2. The Balaban J connectivity index is 1.67. The van der Waals surface area contributed by atoms with Crippen molar-refractivity contribution < 1.29 is 58.4 Å². The van der Waals surface area contributed by atoms with Crippen LogP contribution in [-0.4, -0.2) is 125 Å². The van der Waals surface area contributed by atoms with Crippen molar-refractivity contribution in [2.45, 2.75) is 128 Å². The highest BCUT2D eigenvalue weighted by atomic mass is 16.5. The molecule has 356 valence electrons. The second-order valence-corrected chi connectivity index (χ2v) is 16.1. The summed E-state index contributed by atoms with van der Waals surface area (Å²) in [6, 6.07) is 7.10. The second-order valence-electron chi connectivity index (χ2n) is 16.1. The summed E-state index contributed by atoms with van der Waals surface area (Å²) >= 11 is 0. The Bertz CT molecular complexity index is 1730. The van der Waals surface area contributed by atoms with Gasteiger partial charge in [-0.1, -0.05) is 38.3 Å². The van der Waals surface area contributed by atoms with Gasteiger partial charge >= 0.3 is 11.9 Å². The molecule has 1 fully saturated rings. The van der Waals surface area contributed by atoms with E-state index in [0.717, 1.165) is 43.5 Å². The number of hydrogen-bond donors (Lipinski definition) is 10. The minimum atomic E-state index is -1.55. The number of primary amides is 1. The Labute approximate surface area is 374 Å². The molecule has 0 spiro atoms. The van der Waals surface area contributed by atoms with Gasteiger partial charge in [0.1, 0.15) is 6.04 Å². The first-order chi connectivity index (χ1) is 30.5. The molecule has 0 saturated heterocycles. The molecule has 11 N–H and O–H groups in total. The maximum Gasteiger partial charge on any atom is 0.312 e. The summed E-state index contributed by atoms with van der Waals surface area (Å²) in [4.78, 5) is 86.2. The Morgan fingerprint density at radius 2 is 1.41 bits per heavy atom. The molecule has 0 heterocycles. The van der Waals surface area contributed by atoms with Crippen LogP contribution in [0.5, 0.6) is 0 Å². The molecular formula is C45H69N7O12. The Kier molecular flexibility index (Phi) is 26.2. The summed E-state index contributed by atoms with van der Waals surface area (Å²) in [6.07, 6.45) is 3.93. The van der Waals surface area contributed by atoms with Crippen LogP contribution in [0.4, 0.5) is 5.69 Å². The number of carbonyl (C=O) groups is 7. The highest BCUT2D eigenvalue weighted by Gasteiger charge is 2.35. The quantitative estimate of drug-likeness (QED) is 0.0340. The molecule has 0 bridgehead atoms. The van der Waals surface area contributed by atoms with Gasteiger partial charge in [-0.2, -0.15) is 0 Å². The van der Waals surface area contributed by atoms with Crippen molar-refractivity contribution >= 4 is 64.0 Å². The lowest BCUT2D eigenvalue weighted by Crippen LogP contribution is -2.44. The van der Waals surface area contributed by atoms with Crippen molar-refractivity contribution in [3.63, 3.8) is 0 Å². The zero-order valence-electron chi connectivity index (χ0n) is 37.1. The van der Waals surface area contributed by atoms with Gasteiger partial charge in [-0.3, -0.25) is 33.6 Å². The van der Waals surface area contributed by atoms with Crippen molar-refractivity contribution in [2.24, 2.45) is 23.5 Å². The molecule has 0 radical (unpaired) electrons. The molecule has 1 aromatic carbocycles. The van der Waals surface area contributed by atoms with Crippen LogP contribution < -0.4 is 21.7 Å². The van der Waals surface area contributed by atoms with E-state index in [9.17, 15) is 48.9 Å². The highest BCUT2D eigenvalue weighted by Crippen LogP contribution is 2.29. The number of carboxylic acid groups (broad SMARTS) is 2. The molecule has 19 heteroatoms. The van der Waals surface area contributed by atoms with Crippen LogP contribution in [0.15, 0.2) is 24.3 Å². The number of anilines is 1. The van der Waals surface area contributed by atoms with Gasteiger partial charge in [0.2, 0.25) is 17.7 Å². The van der Waals surface area contributed by atoms with Crippen LogP contribution in [0.3, 0.4) is 0 Å². The Morgan fingerprint density at radius 3 is 2.02 bits per heavy atom. The van der Waals surface area contributed by atoms with Crippen LogP contribution in [0.1, 0.15) is 115 Å². The molecule has 64 heavy (non-hydrogen) atoms. The number of benzene rings is 1. The van der Waals surface area contributed by atoms with Crippen molar-refractivity contribution in [1.82, 2.24) is 10.6 Å². The molecule has 0 aliphatic heterocycles. The van der Waals surface area contributed by atoms with Crippen molar-refractivity contribution in [1.29, 1.82) is 16.2 Å².